The van der Waals surface area contributed by atoms with Crippen LogP contribution in [0.5, 0.6) is 0 Å². The zero-order chi connectivity index (χ0) is 21.2. The van der Waals surface area contributed by atoms with Crippen LogP contribution in [-0.4, -0.2) is 66.8 Å². The monoisotopic (exact) mass is 405 g/mol. The van der Waals surface area contributed by atoms with Gasteiger partial charge in [-0.2, -0.15) is 0 Å². The third-order valence-electron chi connectivity index (χ3n) is 5.41. The van der Waals surface area contributed by atoms with Crippen LogP contribution in [0.15, 0.2) is 66.7 Å². The van der Waals surface area contributed by atoms with Crippen molar-refractivity contribution in [3.05, 3.63) is 77.9 Å². The van der Waals surface area contributed by atoms with E-state index in [1.807, 2.05) is 48.5 Å². The lowest BCUT2D eigenvalue weighted by Gasteiger charge is -2.33. The Bertz CT molecular complexity index is 828. The molecule has 30 heavy (non-hydrogen) atoms. The molecule has 0 unspecified atom stereocenters. The van der Waals surface area contributed by atoms with Gasteiger partial charge in [0.05, 0.1) is 12.6 Å². The predicted molar refractivity (Wildman–Crippen MR) is 121 cm³/mol. The highest BCUT2D eigenvalue weighted by Gasteiger charge is 2.21. The topological polar surface area (TPSA) is 52.7 Å². The normalized spacial score (nSPS) is 16.4. The van der Waals surface area contributed by atoms with Gasteiger partial charge in [0.2, 0.25) is 5.91 Å². The lowest BCUT2D eigenvalue weighted by atomic mass is 10.0. The highest BCUT2D eigenvalue weighted by atomic mass is 16.2. The Kier molecular flexibility index (Phi) is 8.36. The van der Waals surface area contributed by atoms with Crippen molar-refractivity contribution in [2.75, 3.05) is 39.3 Å². The molecule has 0 aliphatic carbocycles. The third kappa shape index (κ3) is 7.25. The molecule has 1 N–H and O–H groups in total. The predicted octanol–water partition coefficient (Wildman–Crippen LogP) is 2.63. The van der Waals surface area contributed by atoms with Crippen LogP contribution in [0.3, 0.4) is 0 Å². The van der Waals surface area contributed by atoms with Crippen molar-refractivity contribution >= 4 is 17.8 Å². The second-order valence-electron chi connectivity index (χ2n) is 7.81. The fraction of sp³-hybridized carbons (Fsp3) is 0.360. The highest BCUT2D eigenvalue weighted by molar-refractivity contribution is 5.88. The van der Waals surface area contributed by atoms with Gasteiger partial charge in [0.25, 0.3) is 0 Å². The molecule has 5 heteroatoms. The zero-order valence-corrected chi connectivity index (χ0v) is 17.7. The largest absolute Gasteiger partial charge is 0.345 e. The first-order valence-electron chi connectivity index (χ1n) is 10.6. The maximum atomic E-state index is 12.5. The van der Waals surface area contributed by atoms with E-state index in [1.54, 1.807) is 0 Å². The molecule has 2 aromatic rings. The maximum absolute atomic E-state index is 12.5. The summed E-state index contributed by atoms with van der Waals surface area (Å²) in [5.74, 6) is -0.0919. The number of carbonyl (C=O) groups is 2. The Morgan fingerprint density at radius 1 is 0.933 bits per heavy atom. The highest BCUT2D eigenvalue weighted by Crippen LogP contribution is 2.06. The van der Waals surface area contributed by atoms with Crippen molar-refractivity contribution in [3.8, 4) is 0 Å². The molecule has 158 valence electrons. The smallest absolute Gasteiger partial charge is 0.234 e. The number of carbonyl (C=O) groups excluding carboxylic acids is 2. The lowest BCUT2D eigenvalue weighted by molar-refractivity contribution is -0.127. The Labute approximate surface area is 179 Å². The van der Waals surface area contributed by atoms with Crippen molar-refractivity contribution in [2.24, 2.45) is 0 Å². The Morgan fingerprint density at radius 2 is 1.53 bits per heavy atom. The number of nitrogens with one attached hydrogen (secondary N) is 1. The summed E-state index contributed by atoms with van der Waals surface area (Å²) in [6.45, 7) is 6.38. The van der Waals surface area contributed by atoms with Gasteiger partial charge in [0.15, 0.2) is 5.78 Å². The third-order valence-corrected chi connectivity index (χ3v) is 5.41. The first-order chi connectivity index (χ1) is 14.6. The van der Waals surface area contributed by atoms with E-state index in [0.29, 0.717) is 13.0 Å². The van der Waals surface area contributed by atoms with E-state index < -0.39 is 6.04 Å². The Morgan fingerprint density at radius 3 is 2.17 bits per heavy atom. The minimum Gasteiger partial charge on any atom is -0.345 e. The van der Waals surface area contributed by atoms with Crippen molar-refractivity contribution < 1.29 is 9.59 Å². The number of Topliss-reactive ketones (excluding diaryl/α,β-unsaturated/α-hetero) is 1. The SMILES string of the molecule is CC(=O)[C@H](Cc1ccccc1)NC(=O)CN1CCN(C/C=C/c2ccccc2)CC1. The van der Waals surface area contributed by atoms with Crippen LogP contribution >= 0.6 is 0 Å². The molecule has 1 aliphatic heterocycles. The van der Waals surface area contributed by atoms with E-state index >= 15 is 0 Å². The molecule has 1 atom stereocenters. The van der Waals surface area contributed by atoms with Crippen LogP contribution in [0, 0.1) is 0 Å². The van der Waals surface area contributed by atoms with Gasteiger partial charge in [-0.25, -0.2) is 0 Å². The molecule has 1 heterocycles. The van der Waals surface area contributed by atoms with Gasteiger partial charge in [0.1, 0.15) is 0 Å². The van der Waals surface area contributed by atoms with Gasteiger partial charge in [-0.05, 0) is 24.5 Å². The van der Waals surface area contributed by atoms with Crippen molar-refractivity contribution in [1.82, 2.24) is 15.1 Å². The van der Waals surface area contributed by atoms with Crippen LogP contribution in [0.2, 0.25) is 0 Å². The number of benzene rings is 2. The molecule has 1 fully saturated rings. The van der Waals surface area contributed by atoms with Gasteiger partial charge in [-0.15, -0.1) is 0 Å². The number of nitrogens with zero attached hydrogens (tertiary/aromatic N) is 2. The second kappa shape index (κ2) is 11.4. The summed E-state index contributed by atoms with van der Waals surface area (Å²) >= 11 is 0. The van der Waals surface area contributed by atoms with Crippen molar-refractivity contribution in [3.63, 3.8) is 0 Å². The molecule has 1 aliphatic rings. The Hall–Kier alpha value is -2.76. The Balaban J connectivity index is 1.39. The molecule has 1 amide bonds. The van der Waals surface area contributed by atoms with Gasteiger partial charge < -0.3 is 5.32 Å². The van der Waals surface area contributed by atoms with Gasteiger partial charge in [-0.3, -0.25) is 19.4 Å². The van der Waals surface area contributed by atoms with Gasteiger partial charge in [-0.1, -0.05) is 72.8 Å². The molecular weight excluding hydrogens is 374 g/mol. The summed E-state index contributed by atoms with van der Waals surface area (Å²) in [5, 5.41) is 2.92. The molecule has 0 bridgehead atoms. The van der Waals surface area contributed by atoms with Crippen LogP contribution in [-0.2, 0) is 16.0 Å². The van der Waals surface area contributed by atoms with Crippen LogP contribution < -0.4 is 5.32 Å². The number of hydrogen-bond donors (Lipinski definition) is 1. The molecule has 0 spiro atoms. The molecular formula is C25H31N3O2. The molecule has 0 radical (unpaired) electrons. The summed E-state index contributed by atoms with van der Waals surface area (Å²) in [5.41, 5.74) is 2.26. The minimum absolute atomic E-state index is 0.0118. The molecule has 0 aromatic heterocycles. The fourth-order valence-corrected chi connectivity index (χ4v) is 3.62. The summed E-state index contributed by atoms with van der Waals surface area (Å²) in [6, 6.07) is 19.6. The summed E-state index contributed by atoms with van der Waals surface area (Å²) in [4.78, 5) is 29.0. The van der Waals surface area contributed by atoms with Crippen molar-refractivity contribution in [1.29, 1.82) is 0 Å². The standard InChI is InChI=1S/C25H31N3O2/c1-21(29)24(19-23-11-6-3-7-12-23)26-25(30)20-28-17-15-27(16-18-28)14-8-13-22-9-4-2-5-10-22/h2-13,24H,14-20H2,1H3,(H,26,30)/b13-8+/t24-/m0/s1. The van der Waals surface area contributed by atoms with E-state index in [1.165, 1.54) is 12.5 Å². The van der Waals surface area contributed by atoms with E-state index in [2.05, 4.69) is 39.4 Å². The summed E-state index contributed by atoms with van der Waals surface area (Å²) < 4.78 is 0. The lowest BCUT2D eigenvalue weighted by Crippen LogP contribution is -2.51. The molecule has 1 saturated heterocycles. The van der Waals surface area contributed by atoms with Gasteiger partial charge in [0, 0.05) is 32.7 Å². The number of piperazine rings is 1. The molecule has 3 rings (SSSR count). The van der Waals surface area contributed by atoms with Crippen molar-refractivity contribution in [2.45, 2.75) is 19.4 Å². The van der Waals surface area contributed by atoms with E-state index in [4.69, 9.17) is 0 Å². The number of amides is 1. The van der Waals surface area contributed by atoms with Gasteiger partial charge >= 0.3 is 0 Å². The fourth-order valence-electron chi connectivity index (χ4n) is 3.62. The molecule has 0 saturated carbocycles. The molecule has 2 aromatic carbocycles. The number of ketones is 1. The summed E-state index contributed by atoms with van der Waals surface area (Å²) in [6.07, 6.45) is 4.87. The first-order valence-corrected chi connectivity index (χ1v) is 10.6. The first kappa shape index (κ1) is 21.9. The number of rotatable bonds is 9. The van der Waals surface area contributed by atoms with Crippen LogP contribution in [0.1, 0.15) is 18.1 Å². The zero-order valence-electron chi connectivity index (χ0n) is 17.7. The maximum Gasteiger partial charge on any atom is 0.234 e. The van der Waals surface area contributed by atoms with E-state index in [9.17, 15) is 9.59 Å². The molecule has 5 nitrogen and oxygen atoms in total. The summed E-state index contributed by atoms with van der Waals surface area (Å²) in [7, 11) is 0. The van der Waals surface area contributed by atoms with E-state index in [0.717, 1.165) is 38.3 Å². The minimum atomic E-state index is -0.468. The average molecular weight is 406 g/mol. The van der Waals surface area contributed by atoms with Crippen LogP contribution in [0.4, 0.5) is 0 Å². The van der Waals surface area contributed by atoms with E-state index in [-0.39, 0.29) is 11.7 Å². The number of hydrogen-bond acceptors (Lipinski definition) is 4. The average Bonchev–Trinajstić information content (AvgIpc) is 2.76. The van der Waals surface area contributed by atoms with Crippen LogP contribution in [0.25, 0.3) is 6.08 Å². The quantitative estimate of drug-likeness (QED) is 0.697. The second-order valence-corrected chi connectivity index (χ2v) is 7.81.